The van der Waals surface area contributed by atoms with Crippen molar-refractivity contribution in [3.05, 3.63) is 53.1 Å². The van der Waals surface area contributed by atoms with Crippen LogP contribution < -0.4 is 5.32 Å². The van der Waals surface area contributed by atoms with E-state index in [0.29, 0.717) is 0 Å². The molecule has 0 amide bonds. The quantitative estimate of drug-likeness (QED) is 0.940. The van der Waals surface area contributed by atoms with Crippen LogP contribution in [0.4, 0.5) is 0 Å². The average molecular weight is 290 g/mol. The van der Waals surface area contributed by atoms with Gasteiger partial charge < -0.3 is 9.88 Å². The van der Waals surface area contributed by atoms with Gasteiger partial charge in [-0.2, -0.15) is 0 Å². The van der Waals surface area contributed by atoms with E-state index in [9.17, 15) is 0 Å². The number of benzene rings is 1. The summed E-state index contributed by atoms with van der Waals surface area (Å²) in [6.45, 7) is 5.29. The van der Waals surface area contributed by atoms with Gasteiger partial charge in [-0.25, -0.2) is 4.98 Å². The summed E-state index contributed by atoms with van der Waals surface area (Å²) in [4.78, 5) is 4.37. The first kappa shape index (κ1) is 13.7. The van der Waals surface area contributed by atoms with Crippen LogP contribution in [0.3, 0.4) is 0 Å². The highest BCUT2D eigenvalue weighted by Crippen LogP contribution is 2.33. The van der Waals surface area contributed by atoms with E-state index in [1.807, 2.05) is 30.7 Å². The van der Waals surface area contributed by atoms with E-state index in [1.165, 1.54) is 5.69 Å². The Bertz CT molecular complexity index is 585. The molecule has 2 heterocycles. The molecule has 1 aliphatic heterocycles. The van der Waals surface area contributed by atoms with Crippen LogP contribution in [-0.4, -0.2) is 22.6 Å². The van der Waals surface area contributed by atoms with Gasteiger partial charge in [-0.3, -0.25) is 0 Å². The number of aromatic nitrogens is 2. The van der Waals surface area contributed by atoms with E-state index in [2.05, 4.69) is 27.9 Å². The molecule has 0 radical (unpaired) electrons. The van der Waals surface area contributed by atoms with Crippen LogP contribution in [-0.2, 0) is 12.0 Å². The van der Waals surface area contributed by atoms with Crippen molar-refractivity contribution < 1.29 is 0 Å². The number of hydrogen-bond acceptors (Lipinski definition) is 2. The predicted molar refractivity (Wildman–Crippen MR) is 82.2 cm³/mol. The largest absolute Gasteiger partial charge is 0.330 e. The summed E-state index contributed by atoms with van der Waals surface area (Å²) in [6, 6.07) is 8.02. The molecule has 20 heavy (non-hydrogen) atoms. The smallest absolute Gasteiger partial charge is 0.0951 e. The Balaban J connectivity index is 1.89. The second-order valence-electron chi connectivity index (χ2n) is 5.81. The molecule has 0 saturated carbocycles. The molecule has 1 saturated heterocycles. The van der Waals surface area contributed by atoms with Gasteiger partial charge in [0.15, 0.2) is 0 Å². The Hall–Kier alpha value is -1.32. The number of nitrogens with one attached hydrogen (secondary N) is 1. The van der Waals surface area contributed by atoms with Crippen molar-refractivity contribution in [3.8, 4) is 0 Å². The highest BCUT2D eigenvalue weighted by Gasteiger charge is 2.31. The Labute approximate surface area is 125 Å². The predicted octanol–water partition coefficient (Wildman–Crippen LogP) is 3.23. The summed E-state index contributed by atoms with van der Waals surface area (Å²) in [5.74, 6) is 0. The normalized spacial score (nSPS) is 18.1. The molecule has 0 atom stereocenters. The summed E-state index contributed by atoms with van der Waals surface area (Å²) < 4.78 is 2.24. The molecule has 1 aromatic carbocycles. The minimum Gasteiger partial charge on any atom is -0.330 e. The van der Waals surface area contributed by atoms with Crippen molar-refractivity contribution >= 4 is 11.6 Å². The molecule has 3 rings (SSSR count). The van der Waals surface area contributed by atoms with Crippen molar-refractivity contribution in [2.75, 3.05) is 13.1 Å². The molecule has 1 aliphatic rings. The number of hydrogen-bond donors (Lipinski definition) is 1. The van der Waals surface area contributed by atoms with Crippen LogP contribution in [0.5, 0.6) is 0 Å². The molecule has 0 spiro atoms. The fraction of sp³-hybridized carbons (Fsp3) is 0.438. The third-order valence-corrected chi connectivity index (χ3v) is 4.71. The van der Waals surface area contributed by atoms with Crippen LogP contribution in [0.25, 0.3) is 0 Å². The number of rotatable bonds is 3. The van der Waals surface area contributed by atoms with Gasteiger partial charge in [-0.05, 0) is 37.6 Å². The van der Waals surface area contributed by atoms with Crippen LogP contribution >= 0.6 is 11.6 Å². The van der Waals surface area contributed by atoms with Crippen molar-refractivity contribution in [2.24, 2.45) is 0 Å². The molecule has 0 unspecified atom stereocenters. The first-order valence-corrected chi connectivity index (χ1v) is 7.52. The molecule has 4 heteroatoms. The van der Waals surface area contributed by atoms with Gasteiger partial charge in [0, 0.05) is 22.3 Å². The maximum absolute atomic E-state index is 6.27. The second kappa shape index (κ2) is 5.58. The van der Waals surface area contributed by atoms with E-state index in [4.69, 9.17) is 11.6 Å². The monoisotopic (exact) mass is 289 g/mol. The van der Waals surface area contributed by atoms with Gasteiger partial charge in [0.1, 0.15) is 0 Å². The van der Waals surface area contributed by atoms with Crippen LogP contribution in [0.1, 0.15) is 31.0 Å². The van der Waals surface area contributed by atoms with E-state index in [0.717, 1.165) is 43.1 Å². The fourth-order valence-corrected chi connectivity index (χ4v) is 3.19. The lowest BCUT2D eigenvalue weighted by molar-refractivity contribution is 0.318. The second-order valence-corrected chi connectivity index (χ2v) is 6.22. The Morgan fingerprint density at radius 1 is 1.30 bits per heavy atom. The molecule has 1 N–H and O–H groups in total. The van der Waals surface area contributed by atoms with E-state index >= 15 is 0 Å². The van der Waals surface area contributed by atoms with Gasteiger partial charge >= 0.3 is 0 Å². The zero-order valence-corrected chi connectivity index (χ0v) is 12.5. The number of halogens is 1. The Morgan fingerprint density at radius 3 is 2.80 bits per heavy atom. The SMILES string of the molecule is CC1(c2cncn2Cc2ccccc2Cl)CCNCC1. The minimum atomic E-state index is 0.211. The first-order chi connectivity index (χ1) is 9.69. The molecule has 0 aliphatic carbocycles. The van der Waals surface area contributed by atoms with Crippen LogP contribution in [0.2, 0.25) is 5.02 Å². The molecule has 2 aromatic rings. The lowest BCUT2D eigenvalue weighted by atomic mass is 9.78. The summed E-state index contributed by atoms with van der Waals surface area (Å²) >= 11 is 6.27. The van der Waals surface area contributed by atoms with Crippen LogP contribution in [0.15, 0.2) is 36.8 Å². The number of piperidine rings is 1. The van der Waals surface area contributed by atoms with Crippen LogP contribution in [0, 0.1) is 0 Å². The van der Waals surface area contributed by atoms with Gasteiger partial charge in [0.25, 0.3) is 0 Å². The molecule has 106 valence electrons. The molecule has 3 nitrogen and oxygen atoms in total. The maximum atomic E-state index is 6.27. The van der Waals surface area contributed by atoms with Gasteiger partial charge in [-0.1, -0.05) is 36.7 Å². The summed E-state index contributed by atoms with van der Waals surface area (Å²) in [5.41, 5.74) is 2.67. The maximum Gasteiger partial charge on any atom is 0.0951 e. The minimum absolute atomic E-state index is 0.211. The molecule has 1 aromatic heterocycles. The molecular weight excluding hydrogens is 270 g/mol. The number of imidazole rings is 1. The Morgan fingerprint density at radius 2 is 2.05 bits per heavy atom. The average Bonchev–Trinajstić information content (AvgIpc) is 2.91. The van der Waals surface area contributed by atoms with Gasteiger partial charge in [0.2, 0.25) is 0 Å². The highest BCUT2D eigenvalue weighted by atomic mass is 35.5. The first-order valence-electron chi connectivity index (χ1n) is 7.14. The topological polar surface area (TPSA) is 29.9 Å². The zero-order valence-electron chi connectivity index (χ0n) is 11.8. The third kappa shape index (κ3) is 2.60. The van der Waals surface area contributed by atoms with E-state index < -0.39 is 0 Å². The van der Waals surface area contributed by atoms with Gasteiger partial charge in [0.05, 0.1) is 12.9 Å². The number of nitrogens with zero attached hydrogens (tertiary/aromatic N) is 2. The van der Waals surface area contributed by atoms with E-state index in [1.54, 1.807) is 0 Å². The van der Waals surface area contributed by atoms with Crippen molar-refractivity contribution in [2.45, 2.75) is 31.7 Å². The van der Waals surface area contributed by atoms with Crippen molar-refractivity contribution in [1.29, 1.82) is 0 Å². The summed E-state index contributed by atoms with van der Waals surface area (Å²) in [5, 5.41) is 4.25. The standard InChI is InChI=1S/C16H20ClN3/c1-16(6-8-18-9-7-16)15-10-19-12-20(15)11-13-4-2-3-5-14(13)17/h2-5,10,12,18H,6-9,11H2,1H3. The lowest BCUT2D eigenvalue weighted by Crippen LogP contribution is -2.39. The summed E-state index contributed by atoms with van der Waals surface area (Å²) in [7, 11) is 0. The van der Waals surface area contributed by atoms with Crippen molar-refractivity contribution in [1.82, 2.24) is 14.9 Å². The lowest BCUT2D eigenvalue weighted by Gasteiger charge is -2.34. The molecule has 0 bridgehead atoms. The Kier molecular flexibility index (Phi) is 3.81. The fourth-order valence-electron chi connectivity index (χ4n) is 2.99. The summed E-state index contributed by atoms with van der Waals surface area (Å²) in [6.07, 6.45) is 6.25. The third-order valence-electron chi connectivity index (χ3n) is 4.34. The molecule has 1 fully saturated rings. The highest BCUT2D eigenvalue weighted by molar-refractivity contribution is 6.31. The van der Waals surface area contributed by atoms with Gasteiger partial charge in [-0.15, -0.1) is 0 Å². The zero-order chi connectivity index (χ0) is 14.0. The van der Waals surface area contributed by atoms with E-state index in [-0.39, 0.29) is 5.41 Å². The van der Waals surface area contributed by atoms with Crippen molar-refractivity contribution in [3.63, 3.8) is 0 Å². The molecular formula is C16H20ClN3.